The molecular formula is C25H27ClF3N5O2. The largest absolute Gasteiger partial charge is 0.462 e. The topological polar surface area (TPSA) is 63.6 Å². The summed E-state index contributed by atoms with van der Waals surface area (Å²) >= 11 is 6.08. The van der Waals surface area contributed by atoms with Gasteiger partial charge in [-0.15, -0.1) is 0 Å². The van der Waals surface area contributed by atoms with Crippen molar-refractivity contribution in [1.29, 1.82) is 0 Å². The highest BCUT2D eigenvalue weighted by Crippen LogP contribution is 2.45. The lowest BCUT2D eigenvalue weighted by Gasteiger charge is -2.40. The molecule has 4 atom stereocenters. The van der Waals surface area contributed by atoms with Crippen LogP contribution in [0.25, 0.3) is 10.9 Å². The number of hydrogen-bond acceptors (Lipinski definition) is 7. The molecule has 0 radical (unpaired) electrons. The quantitative estimate of drug-likeness (QED) is 0.446. The van der Waals surface area contributed by atoms with E-state index >= 15 is 4.39 Å². The molecule has 0 N–H and O–H groups in total. The Kier molecular flexibility index (Phi) is 6.74. The number of halogens is 4. The first-order chi connectivity index (χ1) is 17.3. The lowest BCUT2D eigenvalue weighted by Crippen LogP contribution is -2.44. The Morgan fingerprint density at radius 2 is 2.11 bits per heavy atom. The third-order valence-electron chi connectivity index (χ3n) is 7.21. The fourth-order valence-corrected chi connectivity index (χ4v) is 5.39. The maximum absolute atomic E-state index is 15.3. The number of nitrogens with zero attached hydrogens (tertiary/aromatic N) is 5. The Balaban J connectivity index is 1.61. The minimum absolute atomic E-state index is 0.0704. The minimum atomic E-state index is -1.10. The van der Waals surface area contributed by atoms with E-state index in [-0.39, 0.29) is 46.1 Å². The summed E-state index contributed by atoms with van der Waals surface area (Å²) in [5.74, 6) is 4.72. The Bertz CT molecular complexity index is 1280. The number of likely N-dealkylation sites (tertiary alicyclic amines) is 1. The van der Waals surface area contributed by atoms with E-state index in [0.29, 0.717) is 44.6 Å². The summed E-state index contributed by atoms with van der Waals surface area (Å²) in [4.78, 5) is 16.9. The predicted molar refractivity (Wildman–Crippen MR) is 130 cm³/mol. The number of alkyl halides is 1. The molecule has 0 spiro atoms. The van der Waals surface area contributed by atoms with E-state index in [1.54, 1.807) is 11.8 Å². The van der Waals surface area contributed by atoms with Gasteiger partial charge in [0.05, 0.1) is 31.0 Å². The van der Waals surface area contributed by atoms with Crippen LogP contribution in [-0.2, 0) is 4.74 Å². The van der Waals surface area contributed by atoms with Crippen LogP contribution in [0, 0.1) is 29.0 Å². The van der Waals surface area contributed by atoms with Gasteiger partial charge in [0.2, 0.25) is 0 Å². The van der Waals surface area contributed by atoms with Crippen LogP contribution in [0.2, 0.25) is 5.15 Å². The van der Waals surface area contributed by atoms with Crippen molar-refractivity contribution in [3.8, 4) is 17.9 Å². The van der Waals surface area contributed by atoms with Crippen molar-refractivity contribution in [2.75, 3.05) is 51.4 Å². The summed E-state index contributed by atoms with van der Waals surface area (Å²) in [6.45, 7) is 5.91. The van der Waals surface area contributed by atoms with Gasteiger partial charge in [-0.05, 0) is 31.9 Å². The first-order valence-electron chi connectivity index (χ1n) is 11.9. The number of rotatable bonds is 4. The normalized spacial score (nSPS) is 29.5. The van der Waals surface area contributed by atoms with E-state index in [4.69, 9.17) is 21.1 Å². The van der Waals surface area contributed by atoms with Gasteiger partial charge in [-0.1, -0.05) is 24.4 Å². The smallest absolute Gasteiger partial charge is 0.319 e. The van der Waals surface area contributed by atoms with Gasteiger partial charge in [-0.2, -0.15) is 9.97 Å². The molecule has 4 heterocycles. The molecule has 3 aliphatic rings. The third-order valence-corrected chi connectivity index (χ3v) is 7.46. The van der Waals surface area contributed by atoms with Crippen LogP contribution < -0.4 is 9.64 Å². The van der Waals surface area contributed by atoms with Crippen LogP contribution in [0.1, 0.15) is 26.0 Å². The highest BCUT2D eigenvalue weighted by atomic mass is 35.5. The lowest BCUT2D eigenvalue weighted by molar-refractivity contribution is 0.109. The number of fused-ring (bicyclic) bond motifs is 2. The molecule has 11 heteroatoms. The minimum Gasteiger partial charge on any atom is -0.462 e. The van der Waals surface area contributed by atoms with E-state index in [0.717, 1.165) is 6.54 Å². The zero-order valence-corrected chi connectivity index (χ0v) is 21.1. The molecule has 7 nitrogen and oxygen atoms in total. The van der Waals surface area contributed by atoms with Gasteiger partial charge in [0.1, 0.15) is 29.8 Å². The van der Waals surface area contributed by atoms with Crippen LogP contribution in [0.15, 0.2) is 11.9 Å². The van der Waals surface area contributed by atoms with Crippen LogP contribution >= 0.6 is 11.6 Å². The van der Waals surface area contributed by atoms with Crippen LogP contribution in [0.3, 0.4) is 0 Å². The average molecular weight is 522 g/mol. The van der Waals surface area contributed by atoms with Crippen LogP contribution in [0.5, 0.6) is 6.01 Å². The molecular weight excluding hydrogens is 495 g/mol. The van der Waals surface area contributed by atoms with Crippen LogP contribution in [0.4, 0.5) is 19.0 Å². The molecule has 3 fully saturated rings. The Labute approximate surface area is 212 Å². The maximum atomic E-state index is 15.3. The molecule has 0 amide bonds. The molecule has 0 aromatic carbocycles. The monoisotopic (exact) mass is 521 g/mol. The number of pyridine rings is 1. The molecule has 2 aromatic rings. The molecule has 5 rings (SSSR count). The van der Waals surface area contributed by atoms with Gasteiger partial charge in [0.25, 0.3) is 0 Å². The Morgan fingerprint density at radius 3 is 2.86 bits per heavy atom. The number of aromatic nitrogens is 3. The molecule has 2 aliphatic heterocycles. The van der Waals surface area contributed by atoms with Crippen molar-refractivity contribution in [3.05, 3.63) is 28.6 Å². The summed E-state index contributed by atoms with van der Waals surface area (Å²) in [6.07, 6.45) is 0.107. The van der Waals surface area contributed by atoms with Gasteiger partial charge in [0, 0.05) is 31.0 Å². The molecule has 36 heavy (non-hydrogen) atoms. The zero-order valence-electron chi connectivity index (χ0n) is 20.3. The highest BCUT2D eigenvalue weighted by molar-refractivity contribution is 6.30. The summed E-state index contributed by atoms with van der Waals surface area (Å²) in [7, 11) is 1.96. The standard InChI is InChI=1S/C25H27ClF3N5O2/c1-4-5-16-17-20(19(29)22(26)30-16)31-24(36-13-25(2)12-33(3)7-6-14(25)10-27)32-23(17)34-8-9-35-11-15-18(28)21(15)34/h10,15,18,21H,6-9,11-13H2,1-3H3/b14-10+/t15-,18-,21-,25-/m0/s1. The van der Waals surface area contributed by atoms with Gasteiger partial charge in [0.15, 0.2) is 11.0 Å². The van der Waals surface area contributed by atoms with E-state index in [1.165, 1.54) is 0 Å². The van der Waals surface area contributed by atoms with E-state index < -0.39 is 23.4 Å². The molecule has 2 aromatic heterocycles. The maximum Gasteiger partial charge on any atom is 0.319 e. The second-order valence-corrected chi connectivity index (χ2v) is 10.2. The SMILES string of the molecule is CC#Cc1nc(Cl)c(F)c2nc(OC[C@]3(C)CN(C)CC/C3=C\F)nc(N3CCOC[C@H]4[C@H](F)[C@H]43)c12. The van der Waals surface area contributed by atoms with Crippen molar-refractivity contribution in [2.45, 2.75) is 32.5 Å². The third kappa shape index (κ3) is 4.38. The van der Waals surface area contributed by atoms with E-state index in [2.05, 4.69) is 31.7 Å². The molecule has 1 saturated carbocycles. The van der Waals surface area contributed by atoms with Gasteiger partial charge < -0.3 is 19.3 Å². The molecule has 192 valence electrons. The number of piperidine rings is 1. The second-order valence-electron chi connectivity index (χ2n) is 9.83. The summed E-state index contributed by atoms with van der Waals surface area (Å²) < 4.78 is 55.2. The van der Waals surface area contributed by atoms with Crippen molar-refractivity contribution < 1.29 is 22.6 Å². The van der Waals surface area contributed by atoms with Crippen molar-refractivity contribution >= 4 is 28.3 Å². The van der Waals surface area contributed by atoms with E-state index in [1.807, 2.05) is 14.0 Å². The number of ether oxygens (including phenoxy) is 2. The first-order valence-corrected chi connectivity index (χ1v) is 12.2. The van der Waals surface area contributed by atoms with Crippen molar-refractivity contribution in [3.63, 3.8) is 0 Å². The van der Waals surface area contributed by atoms with Crippen LogP contribution in [-0.4, -0.2) is 78.6 Å². The molecule has 1 aliphatic carbocycles. The predicted octanol–water partition coefficient (Wildman–Crippen LogP) is 3.94. The Hall–Kier alpha value is -2.61. The first kappa shape index (κ1) is 25.1. The molecule has 2 saturated heterocycles. The summed E-state index contributed by atoms with van der Waals surface area (Å²) in [5.41, 5.74) is 0.0843. The molecule has 0 unspecified atom stereocenters. The number of anilines is 1. The summed E-state index contributed by atoms with van der Waals surface area (Å²) in [5, 5.41) is -0.141. The Morgan fingerprint density at radius 1 is 1.31 bits per heavy atom. The van der Waals surface area contributed by atoms with Crippen molar-refractivity contribution in [2.24, 2.45) is 11.3 Å². The average Bonchev–Trinajstić information content (AvgIpc) is 3.55. The fraction of sp³-hybridized carbons (Fsp3) is 0.560. The lowest BCUT2D eigenvalue weighted by atomic mass is 9.78. The number of hydrogen-bond donors (Lipinski definition) is 0. The molecule has 0 bridgehead atoms. The second kappa shape index (κ2) is 9.69. The highest BCUT2D eigenvalue weighted by Gasteiger charge is 2.56. The van der Waals surface area contributed by atoms with Crippen molar-refractivity contribution in [1.82, 2.24) is 19.9 Å². The summed E-state index contributed by atoms with van der Waals surface area (Å²) in [6, 6.07) is -0.579. The van der Waals surface area contributed by atoms with Gasteiger partial charge >= 0.3 is 6.01 Å². The van der Waals surface area contributed by atoms with Gasteiger partial charge in [-0.3, -0.25) is 0 Å². The van der Waals surface area contributed by atoms with E-state index in [9.17, 15) is 8.78 Å². The zero-order chi connectivity index (χ0) is 25.6. The van der Waals surface area contributed by atoms with Gasteiger partial charge in [-0.25, -0.2) is 18.2 Å². The fourth-order valence-electron chi connectivity index (χ4n) is 5.21.